The number of aryl methyl sites for hydroxylation is 1. The molecule has 0 aliphatic rings. The van der Waals surface area contributed by atoms with E-state index in [2.05, 4.69) is 15.9 Å². The highest BCUT2D eigenvalue weighted by Gasteiger charge is 2.11. The summed E-state index contributed by atoms with van der Waals surface area (Å²) in [6.07, 6.45) is 0. The van der Waals surface area contributed by atoms with E-state index in [0.29, 0.717) is 29.4 Å². The van der Waals surface area contributed by atoms with E-state index >= 15 is 0 Å². The van der Waals surface area contributed by atoms with Crippen molar-refractivity contribution in [2.24, 2.45) is 0 Å². The third-order valence-corrected chi connectivity index (χ3v) is 3.77. The predicted octanol–water partition coefficient (Wildman–Crippen LogP) is 4.31. The minimum atomic E-state index is -0.394. The number of rotatable bonds is 4. The van der Waals surface area contributed by atoms with E-state index in [4.69, 9.17) is 15.2 Å². The van der Waals surface area contributed by atoms with Gasteiger partial charge in [-0.1, -0.05) is 15.9 Å². The Kier molecular flexibility index (Phi) is 4.85. The van der Waals surface area contributed by atoms with Crippen molar-refractivity contribution in [3.05, 3.63) is 52.0 Å². The molecule has 0 radical (unpaired) electrons. The number of halogens is 1. The molecule has 0 saturated heterocycles. The van der Waals surface area contributed by atoms with Crippen LogP contribution in [-0.2, 0) is 4.74 Å². The highest BCUT2D eigenvalue weighted by molar-refractivity contribution is 9.10. The van der Waals surface area contributed by atoms with Crippen LogP contribution in [0.15, 0.2) is 40.9 Å². The van der Waals surface area contributed by atoms with Crippen LogP contribution in [0, 0.1) is 6.92 Å². The lowest BCUT2D eigenvalue weighted by Gasteiger charge is -2.11. The SMILES string of the molecule is CCOC(=O)c1ccc(N)c(Oc2ccc(Br)c(C)c2)c1. The van der Waals surface area contributed by atoms with Gasteiger partial charge in [-0.25, -0.2) is 4.79 Å². The summed E-state index contributed by atoms with van der Waals surface area (Å²) in [5.41, 5.74) is 7.82. The van der Waals surface area contributed by atoms with Crippen LogP contribution in [0.4, 0.5) is 5.69 Å². The minimum Gasteiger partial charge on any atom is -0.462 e. The molecule has 0 saturated carbocycles. The summed E-state index contributed by atoms with van der Waals surface area (Å²) in [7, 11) is 0. The number of benzene rings is 2. The van der Waals surface area contributed by atoms with E-state index in [1.165, 1.54) is 0 Å². The van der Waals surface area contributed by atoms with E-state index in [1.54, 1.807) is 25.1 Å². The third kappa shape index (κ3) is 3.76. The molecule has 0 heterocycles. The van der Waals surface area contributed by atoms with Crippen molar-refractivity contribution in [1.82, 2.24) is 0 Å². The quantitative estimate of drug-likeness (QED) is 0.659. The Morgan fingerprint density at radius 1 is 1.24 bits per heavy atom. The van der Waals surface area contributed by atoms with Crippen LogP contribution in [-0.4, -0.2) is 12.6 Å². The zero-order valence-corrected chi connectivity index (χ0v) is 13.4. The van der Waals surface area contributed by atoms with Crippen LogP contribution in [0.1, 0.15) is 22.8 Å². The summed E-state index contributed by atoms with van der Waals surface area (Å²) in [6.45, 7) is 4.05. The topological polar surface area (TPSA) is 61.5 Å². The van der Waals surface area contributed by atoms with Gasteiger partial charge < -0.3 is 15.2 Å². The first kappa shape index (κ1) is 15.4. The van der Waals surface area contributed by atoms with Crippen molar-refractivity contribution < 1.29 is 14.3 Å². The number of carbonyl (C=O) groups excluding carboxylic acids is 1. The summed E-state index contributed by atoms with van der Waals surface area (Å²) in [4.78, 5) is 11.7. The third-order valence-electron chi connectivity index (χ3n) is 2.88. The first-order valence-corrected chi connectivity index (χ1v) is 7.31. The summed E-state index contributed by atoms with van der Waals surface area (Å²) < 4.78 is 11.7. The number of anilines is 1. The van der Waals surface area contributed by atoms with Gasteiger partial charge in [0, 0.05) is 4.47 Å². The van der Waals surface area contributed by atoms with Crippen LogP contribution in [0.25, 0.3) is 0 Å². The fraction of sp³-hybridized carbons (Fsp3) is 0.188. The van der Waals surface area contributed by atoms with E-state index in [0.717, 1.165) is 10.0 Å². The molecule has 2 aromatic rings. The molecule has 2 aromatic carbocycles. The Balaban J connectivity index is 2.28. The zero-order chi connectivity index (χ0) is 15.4. The van der Waals surface area contributed by atoms with Crippen molar-refractivity contribution in [1.29, 1.82) is 0 Å². The van der Waals surface area contributed by atoms with Crippen LogP contribution in [0.5, 0.6) is 11.5 Å². The van der Waals surface area contributed by atoms with E-state index in [-0.39, 0.29) is 0 Å². The van der Waals surface area contributed by atoms with Crippen molar-refractivity contribution in [2.45, 2.75) is 13.8 Å². The molecule has 2 rings (SSSR count). The maximum atomic E-state index is 11.7. The molecule has 21 heavy (non-hydrogen) atoms. The van der Waals surface area contributed by atoms with Crippen molar-refractivity contribution in [2.75, 3.05) is 12.3 Å². The van der Waals surface area contributed by atoms with Gasteiger partial charge in [-0.2, -0.15) is 0 Å². The molecule has 0 unspecified atom stereocenters. The monoisotopic (exact) mass is 349 g/mol. The zero-order valence-electron chi connectivity index (χ0n) is 11.9. The highest BCUT2D eigenvalue weighted by Crippen LogP contribution is 2.30. The lowest BCUT2D eigenvalue weighted by molar-refractivity contribution is 0.0526. The number of carbonyl (C=O) groups is 1. The molecule has 0 aliphatic carbocycles. The molecule has 2 N–H and O–H groups in total. The first-order valence-electron chi connectivity index (χ1n) is 6.52. The number of hydrogen-bond donors (Lipinski definition) is 1. The normalized spacial score (nSPS) is 10.2. The van der Waals surface area contributed by atoms with Crippen molar-refractivity contribution in [3.63, 3.8) is 0 Å². The Hall–Kier alpha value is -2.01. The lowest BCUT2D eigenvalue weighted by atomic mass is 10.2. The smallest absolute Gasteiger partial charge is 0.338 e. The Bertz CT molecular complexity index is 671. The number of hydrogen-bond acceptors (Lipinski definition) is 4. The Morgan fingerprint density at radius 2 is 2.00 bits per heavy atom. The van der Waals surface area contributed by atoms with Crippen LogP contribution in [0.2, 0.25) is 0 Å². The standard InChI is InChI=1S/C16H16BrNO3/c1-3-20-16(19)11-4-7-14(18)15(9-11)21-12-5-6-13(17)10(2)8-12/h4-9H,3,18H2,1-2H3. The molecular formula is C16H16BrNO3. The van der Waals surface area contributed by atoms with E-state index < -0.39 is 5.97 Å². The van der Waals surface area contributed by atoms with Gasteiger partial charge in [0.15, 0.2) is 5.75 Å². The maximum Gasteiger partial charge on any atom is 0.338 e. The second-order valence-electron chi connectivity index (χ2n) is 4.49. The number of ether oxygens (including phenoxy) is 2. The predicted molar refractivity (Wildman–Crippen MR) is 85.8 cm³/mol. The Morgan fingerprint density at radius 3 is 2.67 bits per heavy atom. The van der Waals surface area contributed by atoms with Gasteiger partial charge in [0.05, 0.1) is 17.9 Å². The molecular weight excluding hydrogens is 334 g/mol. The maximum absolute atomic E-state index is 11.7. The first-order chi connectivity index (χ1) is 10.0. The fourth-order valence-corrected chi connectivity index (χ4v) is 2.02. The van der Waals surface area contributed by atoms with Gasteiger partial charge in [0.2, 0.25) is 0 Å². The molecule has 0 bridgehead atoms. The average Bonchev–Trinajstić information content (AvgIpc) is 2.45. The molecule has 0 spiro atoms. The Labute approximate surface area is 132 Å². The van der Waals surface area contributed by atoms with Gasteiger partial charge in [-0.3, -0.25) is 0 Å². The molecule has 5 heteroatoms. The largest absolute Gasteiger partial charge is 0.462 e. The van der Waals surface area contributed by atoms with Gasteiger partial charge in [-0.05, 0) is 55.8 Å². The summed E-state index contributed by atoms with van der Waals surface area (Å²) in [5, 5.41) is 0. The molecule has 0 amide bonds. The molecule has 0 aromatic heterocycles. The summed E-state index contributed by atoms with van der Waals surface area (Å²) >= 11 is 3.44. The highest BCUT2D eigenvalue weighted by atomic mass is 79.9. The van der Waals surface area contributed by atoms with Crippen LogP contribution in [0.3, 0.4) is 0 Å². The number of nitrogen functional groups attached to an aromatic ring is 1. The molecule has 0 aliphatic heterocycles. The van der Waals surface area contributed by atoms with E-state index in [9.17, 15) is 4.79 Å². The summed E-state index contributed by atoms with van der Waals surface area (Å²) in [6, 6.07) is 10.5. The number of esters is 1. The van der Waals surface area contributed by atoms with Crippen molar-refractivity contribution in [3.8, 4) is 11.5 Å². The van der Waals surface area contributed by atoms with Gasteiger partial charge in [0.25, 0.3) is 0 Å². The second kappa shape index (κ2) is 6.63. The van der Waals surface area contributed by atoms with Crippen molar-refractivity contribution >= 4 is 27.6 Å². The summed E-state index contributed by atoms with van der Waals surface area (Å²) in [5.74, 6) is 0.694. The van der Waals surface area contributed by atoms with Gasteiger partial charge in [0.1, 0.15) is 5.75 Å². The molecule has 110 valence electrons. The molecule has 0 fully saturated rings. The lowest BCUT2D eigenvalue weighted by Crippen LogP contribution is -2.05. The molecule has 0 atom stereocenters. The average molecular weight is 350 g/mol. The van der Waals surface area contributed by atoms with Crippen LogP contribution >= 0.6 is 15.9 Å². The minimum absolute atomic E-state index is 0.325. The fourth-order valence-electron chi connectivity index (χ4n) is 1.77. The van der Waals surface area contributed by atoms with Gasteiger partial charge in [-0.15, -0.1) is 0 Å². The number of nitrogens with two attached hydrogens (primary N) is 1. The second-order valence-corrected chi connectivity index (χ2v) is 5.34. The molecule has 4 nitrogen and oxygen atoms in total. The van der Waals surface area contributed by atoms with Crippen LogP contribution < -0.4 is 10.5 Å². The van der Waals surface area contributed by atoms with E-state index in [1.807, 2.05) is 25.1 Å². The van der Waals surface area contributed by atoms with Gasteiger partial charge >= 0.3 is 5.97 Å².